The monoisotopic (exact) mass is 507 g/mol. The molecule has 28 heavy (non-hydrogen) atoms. The van der Waals surface area contributed by atoms with Gasteiger partial charge in [-0.15, -0.1) is 0 Å². The molecule has 0 fully saturated rings. The summed E-state index contributed by atoms with van der Waals surface area (Å²) in [5.41, 5.74) is 4.39. The highest BCUT2D eigenvalue weighted by atomic mass is 127. The van der Waals surface area contributed by atoms with E-state index in [1.54, 1.807) is 0 Å². The lowest BCUT2D eigenvalue weighted by Crippen LogP contribution is -2.05. The smallest absolute Gasteiger partial charge is 0.174 e. The van der Waals surface area contributed by atoms with Crippen LogP contribution in [0.3, 0.4) is 0 Å². The van der Waals surface area contributed by atoms with Crippen LogP contribution in [0.1, 0.15) is 23.6 Å². The fourth-order valence-corrected chi connectivity index (χ4v) is 3.79. The lowest BCUT2D eigenvalue weighted by atomic mass is 10.1. The third-order valence-corrected chi connectivity index (χ3v) is 5.36. The Labute approximate surface area is 185 Å². The lowest BCUT2D eigenvalue weighted by molar-refractivity contribution is 0.267. The first kappa shape index (κ1) is 20.8. The number of hydrogen-bond donors (Lipinski definition) is 1. The molecule has 0 amide bonds. The Morgan fingerprint density at radius 3 is 2.43 bits per heavy atom. The maximum Gasteiger partial charge on any atom is 0.174 e. The Balaban J connectivity index is 1.75. The summed E-state index contributed by atoms with van der Waals surface area (Å²) in [7, 11) is 0. The van der Waals surface area contributed by atoms with E-state index in [1.807, 2.05) is 37.3 Å². The zero-order valence-electron chi connectivity index (χ0n) is 16.0. The van der Waals surface area contributed by atoms with Gasteiger partial charge >= 0.3 is 0 Å². The molecule has 0 unspecified atom stereocenters. The van der Waals surface area contributed by atoms with Gasteiger partial charge < -0.3 is 14.8 Å². The molecule has 0 aliphatic rings. The summed E-state index contributed by atoms with van der Waals surface area (Å²) in [5, 5.41) is 4.09. The van der Waals surface area contributed by atoms with Crippen molar-refractivity contribution in [3.8, 4) is 11.5 Å². The van der Waals surface area contributed by atoms with E-state index in [4.69, 9.17) is 21.1 Å². The van der Waals surface area contributed by atoms with Crippen molar-refractivity contribution in [2.45, 2.75) is 27.0 Å². The Morgan fingerprint density at radius 1 is 0.964 bits per heavy atom. The predicted octanol–water partition coefficient (Wildman–Crippen LogP) is 6.84. The third kappa shape index (κ3) is 5.55. The van der Waals surface area contributed by atoms with Crippen LogP contribution in [0.15, 0.2) is 60.7 Å². The van der Waals surface area contributed by atoms with Gasteiger partial charge in [-0.2, -0.15) is 0 Å². The highest BCUT2D eigenvalue weighted by Gasteiger charge is 2.13. The topological polar surface area (TPSA) is 30.5 Å². The lowest BCUT2D eigenvalue weighted by Gasteiger charge is -2.16. The van der Waals surface area contributed by atoms with Crippen molar-refractivity contribution in [2.24, 2.45) is 0 Å². The maximum atomic E-state index is 6.23. The van der Waals surface area contributed by atoms with Gasteiger partial charge in [0.25, 0.3) is 0 Å². The molecular weight excluding hydrogens is 485 g/mol. The predicted molar refractivity (Wildman–Crippen MR) is 125 cm³/mol. The van der Waals surface area contributed by atoms with E-state index in [2.05, 4.69) is 65.2 Å². The molecule has 3 nitrogen and oxygen atoms in total. The summed E-state index contributed by atoms with van der Waals surface area (Å²) in [5.74, 6) is 1.54. The minimum Gasteiger partial charge on any atom is -0.490 e. The molecule has 3 aromatic rings. The van der Waals surface area contributed by atoms with E-state index >= 15 is 0 Å². The molecular formula is C23H23ClINO2. The first-order valence-corrected chi connectivity index (χ1v) is 10.6. The third-order valence-electron chi connectivity index (χ3n) is 4.23. The molecule has 3 rings (SSSR count). The molecule has 0 bridgehead atoms. The van der Waals surface area contributed by atoms with Crippen LogP contribution in [-0.2, 0) is 13.2 Å². The Kier molecular flexibility index (Phi) is 7.45. The van der Waals surface area contributed by atoms with E-state index in [1.165, 1.54) is 5.56 Å². The second-order valence-electron chi connectivity index (χ2n) is 6.45. The number of benzene rings is 3. The molecule has 0 spiro atoms. The van der Waals surface area contributed by atoms with Crippen LogP contribution in [0.25, 0.3) is 0 Å². The van der Waals surface area contributed by atoms with Gasteiger partial charge in [0.1, 0.15) is 6.61 Å². The summed E-state index contributed by atoms with van der Waals surface area (Å²) >= 11 is 8.53. The highest BCUT2D eigenvalue weighted by Crippen LogP contribution is 2.35. The number of rotatable bonds is 8. The van der Waals surface area contributed by atoms with Crippen LogP contribution in [0.4, 0.5) is 5.69 Å². The number of hydrogen-bond acceptors (Lipinski definition) is 3. The van der Waals surface area contributed by atoms with Crippen LogP contribution < -0.4 is 14.8 Å². The summed E-state index contributed by atoms with van der Waals surface area (Å²) in [6, 6.07) is 20.2. The Morgan fingerprint density at radius 2 is 1.71 bits per heavy atom. The molecule has 0 aliphatic heterocycles. The highest BCUT2D eigenvalue weighted by molar-refractivity contribution is 14.1. The van der Waals surface area contributed by atoms with Crippen molar-refractivity contribution >= 4 is 39.9 Å². The van der Waals surface area contributed by atoms with E-state index in [0.29, 0.717) is 24.8 Å². The number of nitrogens with one attached hydrogen (secondary N) is 1. The van der Waals surface area contributed by atoms with Gasteiger partial charge in [0.05, 0.1) is 20.9 Å². The second-order valence-corrected chi connectivity index (χ2v) is 8.01. The number of anilines is 1. The molecule has 0 aromatic heterocycles. The van der Waals surface area contributed by atoms with Crippen LogP contribution in [0, 0.1) is 10.5 Å². The van der Waals surface area contributed by atoms with Gasteiger partial charge in [-0.1, -0.05) is 53.6 Å². The van der Waals surface area contributed by atoms with E-state index in [9.17, 15) is 0 Å². The zero-order chi connectivity index (χ0) is 19.9. The van der Waals surface area contributed by atoms with Crippen molar-refractivity contribution in [3.63, 3.8) is 0 Å². The summed E-state index contributed by atoms with van der Waals surface area (Å²) in [6.07, 6.45) is 0. The first-order chi connectivity index (χ1) is 13.6. The number of halogens is 2. The molecule has 1 N–H and O–H groups in total. The van der Waals surface area contributed by atoms with Crippen LogP contribution in [0.5, 0.6) is 11.5 Å². The van der Waals surface area contributed by atoms with Crippen LogP contribution >= 0.6 is 34.2 Å². The van der Waals surface area contributed by atoms with Crippen molar-refractivity contribution in [1.29, 1.82) is 0 Å². The number of para-hydroxylation sites is 1. The number of aryl methyl sites for hydroxylation is 1. The molecule has 0 saturated heterocycles. The minimum absolute atomic E-state index is 0.508. The van der Waals surface area contributed by atoms with Crippen molar-refractivity contribution in [1.82, 2.24) is 0 Å². The molecule has 0 radical (unpaired) electrons. The van der Waals surface area contributed by atoms with Gasteiger partial charge in [0, 0.05) is 6.54 Å². The molecule has 0 heterocycles. The van der Waals surface area contributed by atoms with Crippen LogP contribution in [0.2, 0.25) is 5.02 Å². The van der Waals surface area contributed by atoms with Gasteiger partial charge in [-0.25, -0.2) is 0 Å². The maximum absolute atomic E-state index is 6.23. The Hall–Kier alpha value is -1.92. The summed E-state index contributed by atoms with van der Waals surface area (Å²) in [4.78, 5) is 0. The minimum atomic E-state index is 0.508. The van der Waals surface area contributed by atoms with Gasteiger partial charge in [0.2, 0.25) is 0 Å². The zero-order valence-corrected chi connectivity index (χ0v) is 18.9. The van der Waals surface area contributed by atoms with Gasteiger partial charge in [-0.05, 0) is 71.8 Å². The second kappa shape index (κ2) is 10.0. The van der Waals surface area contributed by atoms with Crippen molar-refractivity contribution < 1.29 is 9.47 Å². The van der Waals surface area contributed by atoms with Gasteiger partial charge in [0.15, 0.2) is 11.5 Å². The summed E-state index contributed by atoms with van der Waals surface area (Å²) < 4.78 is 13.0. The Bertz CT molecular complexity index is 928. The quantitative estimate of drug-likeness (QED) is 0.339. The molecule has 5 heteroatoms. The van der Waals surface area contributed by atoms with Crippen molar-refractivity contribution in [2.75, 3.05) is 11.9 Å². The molecule has 0 saturated carbocycles. The fourth-order valence-electron chi connectivity index (χ4n) is 2.77. The van der Waals surface area contributed by atoms with E-state index in [0.717, 1.165) is 31.9 Å². The molecule has 3 aromatic carbocycles. The summed E-state index contributed by atoms with van der Waals surface area (Å²) in [6.45, 7) is 5.80. The largest absolute Gasteiger partial charge is 0.490 e. The normalized spacial score (nSPS) is 10.6. The fraction of sp³-hybridized carbons (Fsp3) is 0.217. The van der Waals surface area contributed by atoms with Crippen molar-refractivity contribution in [3.05, 3.63) is 85.9 Å². The molecule has 0 atom stereocenters. The average molecular weight is 508 g/mol. The van der Waals surface area contributed by atoms with E-state index in [-0.39, 0.29) is 0 Å². The standard InChI is InChI=1S/C23H23ClINO2/c1-3-27-22-13-18(14-26-21-7-5-4-6-19(21)24)12-20(25)23(22)28-15-17-10-8-16(2)9-11-17/h4-13,26H,3,14-15H2,1-2H3. The first-order valence-electron chi connectivity index (χ1n) is 9.18. The number of ether oxygens (including phenoxy) is 2. The van der Waals surface area contributed by atoms with E-state index < -0.39 is 0 Å². The SMILES string of the molecule is CCOc1cc(CNc2ccccc2Cl)cc(I)c1OCc1ccc(C)cc1. The van der Waals surface area contributed by atoms with Gasteiger partial charge in [-0.3, -0.25) is 0 Å². The average Bonchev–Trinajstić information content (AvgIpc) is 2.68. The molecule has 146 valence electrons. The van der Waals surface area contributed by atoms with Crippen LogP contribution in [-0.4, -0.2) is 6.61 Å². The molecule has 0 aliphatic carbocycles.